The van der Waals surface area contributed by atoms with E-state index in [0.717, 1.165) is 12.2 Å². The van der Waals surface area contributed by atoms with E-state index in [4.69, 9.17) is 4.74 Å². The van der Waals surface area contributed by atoms with Crippen molar-refractivity contribution < 1.29 is 14.3 Å². The van der Waals surface area contributed by atoms with Crippen molar-refractivity contribution in [2.75, 3.05) is 32.8 Å². The highest BCUT2D eigenvalue weighted by molar-refractivity contribution is 5.94. The molecule has 2 heterocycles. The average molecular weight is 424 g/mol. The predicted octanol–water partition coefficient (Wildman–Crippen LogP) is 3.91. The van der Waals surface area contributed by atoms with Crippen LogP contribution in [0.4, 0.5) is 0 Å². The number of rotatable bonds is 6. The van der Waals surface area contributed by atoms with Gasteiger partial charge in [-0.2, -0.15) is 0 Å². The van der Waals surface area contributed by atoms with Crippen molar-refractivity contribution in [1.82, 2.24) is 14.8 Å². The highest BCUT2D eigenvalue weighted by Gasteiger charge is 2.22. The van der Waals surface area contributed by atoms with Crippen molar-refractivity contribution in [1.29, 1.82) is 0 Å². The van der Waals surface area contributed by atoms with Crippen LogP contribution in [0.15, 0.2) is 48.8 Å². The molecule has 1 saturated heterocycles. The number of benzene rings is 1. The minimum atomic E-state index is 0.00239. The van der Waals surface area contributed by atoms with E-state index in [9.17, 15) is 9.59 Å². The fourth-order valence-corrected chi connectivity index (χ4v) is 3.67. The monoisotopic (exact) mass is 423 g/mol. The summed E-state index contributed by atoms with van der Waals surface area (Å²) < 4.78 is 5.80. The first-order valence-electron chi connectivity index (χ1n) is 11.0. The number of hydrogen-bond donors (Lipinski definition) is 0. The van der Waals surface area contributed by atoms with E-state index in [1.807, 2.05) is 21.9 Å². The largest absolute Gasteiger partial charge is 0.494 e. The molecule has 1 aromatic heterocycles. The zero-order valence-corrected chi connectivity index (χ0v) is 18.8. The molecule has 1 aromatic carbocycles. The lowest BCUT2D eigenvalue weighted by atomic mass is 9.87. The summed E-state index contributed by atoms with van der Waals surface area (Å²) in [6.45, 7) is 9.56. The Morgan fingerprint density at radius 2 is 1.58 bits per heavy atom. The Morgan fingerprint density at radius 3 is 2.26 bits per heavy atom. The number of aromatic nitrogens is 1. The third-order valence-corrected chi connectivity index (χ3v) is 5.59. The Morgan fingerprint density at radius 1 is 0.935 bits per heavy atom. The van der Waals surface area contributed by atoms with E-state index < -0.39 is 0 Å². The highest BCUT2D eigenvalue weighted by Crippen LogP contribution is 2.24. The van der Waals surface area contributed by atoms with Gasteiger partial charge in [-0.25, -0.2) is 0 Å². The third kappa shape index (κ3) is 6.54. The van der Waals surface area contributed by atoms with Gasteiger partial charge in [0.25, 0.3) is 5.91 Å². The molecule has 3 rings (SSSR count). The summed E-state index contributed by atoms with van der Waals surface area (Å²) in [5.74, 6) is 0.966. The van der Waals surface area contributed by atoms with E-state index in [0.29, 0.717) is 51.2 Å². The number of carbonyl (C=O) groups excluding carboxylic acids is 2. The molecule has 2 aromatic rings. The van der Waals surface area contributed by atoms with Gasteiger partial charge < -0.3 is 14.5 Å². The van der Waals surface area contributed by atoms with Crippen LogP contribution in [0, 0.1) is 0 Å². The van der Waals surface area contributed by atoms with Crippen molar-refractivity contribution >= 4 is 11.8 Å². The van der Waals surface area contributed by atoms with E-state index in [1.165, 1.54) is 5.56 Å². The zero-order chi connectivity index (χ0) is 22.3. The molecule has 1 aliphatic rings. The molecule has 1 fully saturated rings. The molecule has 0 N–H and O–H groups in total. The number of amides is 2. The van der Waals surface area contributed by atoms with Gasteiger partial charge in [-0.05, 0) is 48.1 Å². The average Bonchev–Trinajstić information content (AvgIpc) is 3.03. The van der Waals surface area contributed by atoms with Crippen LogP contribution in [0.5, 0.6) is 5.75 Å². The van der Waals surface area contributed by atoms with Crippen molar-refractivity contribution in [3.63, 3.8) is 0 Å². The second-order valence-electron chi connectivity index (χ2n) is 8.99. The molecule has 166 valence electrons. The molecule has 2 amide bonds. The van der Waals surface area contributed by atoms with Crippen LogP contribution in [0.3, 0.4) is 0 Å². The first-order valence-corrected chi connectivity index (χ1v) is 11.0. The van der Waals surface area contributed by atoms with Crippen LogP contribution < -0.4 is 4.74 Å². The van der Waals surface area contributed by atoms with Gasteiger partial charge in [0.1, 0.15) is 5.75 Å². The lowest BCUT2D eigenvalue weighted by molar-refractivity contribution is -0.131. The minimum absolute atomic E-state index is 0.00239. The van der Waals surface area contributed by atoms with Crippen LogP contribution in [0.1, 0.15) is 56.0 Å². The van der Waals surface area contributed by atoms with Crippen LogP contribution in [0.2, 0.25) is 0 Å². The van der Waals surface area contributed by atoms with Gasteiger partial charge in [0, 0.05) is 50.6 Å². The fourth-order valence-electron chi connectivity index (χ4n) is 3.67. The smallest absolute Gasteiger partial charge is 0.254 e. The summed E-state index contributed by atoms with van der Waals surface area (Å²) in [6.07, 6.45) is 5.18. The second-order valence-corrected chi connectivity index (χ2v) is 8.99. The first-order chi connectivity index (χ1) is 14.8. The number of ether oxygens (including phenoxy) is 1. The molecule has 6 nitrogen and oxygen atoms in total. The first kappa shape index (κ1) is 22.8. The molecule has 0 aliphatic carbocycles. The van der Waals surface area contributed by atoms with Crippen LogP contribution >= 0.6 is 0 Å². The molecule has 1 aliphatic heterocycles. The molecule has 0 saturated carbocycles. The molecule has 6 heteroatoms. The molecule has 31 heavy (non-hydrogen) atoms. The Bertz CT molecular complexity index is 860. The van der Waals surface area contributed by atoms with Gasteiger partial charge in [0.05, 0.1) is 6.61 Å². The molecule has 0 bridgehead atoms. The van der Waals surface area contributed by atoms with Crippen molar-refractivity contribution in [3.05, 3.63) is 59.9 Å². The summed E-state index contributed by atoms with van der Waals surface area (Å²) in [7, 11) is 0. The SMILES string of the molecule is CC(C)(C)c1ccc(OCCCC(=O)N2CCCN(C(=O)c3ccncc3)CC2)cc1. The normalized spacial score (nSPS) is 14.8. The molecule has 0 atom stereocenters. The highest BCUT2D eigenvalue weighted by atomic mass is 16.5. The maximum Gasteiger partial charge on any atom is 0.254 e. The lowest BCUT2D eigenvalue weighted by Crippen LogP contribution is -2.37. The number of hydrogen-bond acceptors (Lipinski definition) is 4. The van der Waals surface area contributed by atoms with Crippen molar-refractivity contribution in [2.45, 2.75) is 45.4 Å². The van der Waals surface area contributed by atoms with E-state index in [-0.39, 0.29) is 17.2 Å². The van der Waals surface area contributed by atoms with Crippen LogP contribution in [0.25, 0.3) is 0 Å². The Labute approximate surface area is 185 Å². The standard InChI is InChI=1S/C25H33N3O3/c1-25(2,3)21-7-9-22(10-8-21)31-19-4-6-23(29)27-15-5-16-28(18-17-27)24(30)20-11-13-26-14-12-20/h7-14H,4-6,15-19H2,1-3H3. The summed E-state index contributed by atoms with van der Waals surface area (Å²) >= 11 is 0. The summed E-state index contributed by atoms with van der Waals surface area (Å²) in [4.78, 5) is 32.9. The molecular formula is C25H33N3O3. The van der Waals surface area contributed by atoms with E-state index in [2.05, 4.69) is 37.9 Å². The molecule has 0 spiro atoms. The van der Waals surface area contributed by atoms with Crippen LogP contribution in [-0.4, -0.2) is 59.4 Å². The van der Waals surface area contributed by atoms with Gasteiger partial charge in [0.2, 0.25) is 5.91 Å². The van der Waals surface area contributed by atoms with Gasteiger partial charge in [-0.15, -0.1) is 0 Å². The van der Waals surface area contributed by atoms with Crippen molar-refractivity contribution in [3.8, 4) is 5.75 Å². The molecule has 0 radical (unpaired) electrons. The third-order valence-electron chi connectivity index (χ3n) is 5.59. The van der Waals surface area contributed by atoms with Gasteiger partial charge in [-0.3, -0.25) is 14.6 Å². The summed E-state index contributed by atoms with van der Waals surface area (Å²) in [6, 6.07) is 11.6. The van der Waals surface area contributed by atoms with Crippen LogP contribution in [-0.2, 0) is 10.2 Å². The number of carbonyl (C=O) groups is 2. The minimum Gasteiger partial charge on any atom is -0.494 e. The zero-order valence-electron chi connectivity index (χ0n) is 18.8. The number of nitrogens with zero attached hydrogens (tertiary/aromatic N) is 3. The van der Waals surface area contributed by atoms with Gasteiger partial charge in [0.15, 0.2) is 0 Å². The summed E-state index contributed by atoms with van der Waals surface area (Å²) in [5, 5.41) is 0. The van der Waals surface area contributed by atoms with Gasteiger partial charge >= 0.3 is 0 Å². The maximum atomic E-state index is 12.6. The Kier molecular flexibility index (Phi) is 7.66. The number of pyridine rings is 1. The Hall–Kier alpha value is -2.89. The predicted molar refractivity (Wildman–Crippen MR) is 121 cm³/mol. The van der Waals surface area contributed by atoms with Crippen molar-refractivity contribution in [2.24, 2.45) is 0 Å². The fraction of sp³-hybridized carbons (Fsp3) is 0.480. The molecule has 0 unspecified atom stereocenters. The quantitative estimate of drug-likeness (QED) is 0.661. The summed E-state index contributed by atoms with van der Waals surface area (Å²) in [5.41, 5.74) is 2.03. The maximum absolute atomic E-state index is 12.6. The van der Waals surface area contributed by atoms with E-state index >= 15 is 0 Å². The lowest BCUT2D eigenvalue weighted by Gasteiger charge is -2.22. The molecular weight excluding hydrogens is 390 g/mol. The second kappa shape index (κ2) is 10.4. The van der Waals surface area contributed by atoms with E-state index in [1.54, 1.807) is 24.5 Å². The topological polar surface area (TPSA) is 62.7 Å². The van der Waals surface area contributed by atoms with Gasteiger partial charge in [-0.1, -0.05) is 32.9 Å². The Balaban J connectivity index is 1.40.